The molecular weight excluding hydrogens is 328 g/mol. The summed E-state index contributed by atoms with van der Waals surface area (Å²) < 4.78 is 11.3. The molecule has 1 fully saturated rings. The highest BCUT2D eigenvalue weighted by molar-refractivity contribution is 5.81. The molecule has 5 heteroatoms. The van der Waals surface area contributed by atoms with E-state index < -0.39 is 6.10 Å². The van der Waals surface area contributed by atoms with Crippen LogP contribution in [-0.2, 0) is 4.79 Å². The van der Waals surface area contributed by atoms with E-state index in [1.165, 1.54) is 0 Å². The van der Waals surface area contributed by atoms with E-state index in [1.807, 2.05) is 61.2 Å². The summed E-state index contributed by atoms with van der Waals surface area (Å²) in [6, 6.07) is 15.8. The molecule has 1 saturated heterocycles. The van der Waals surface area contributed by atoms with Crippen molar-refractivity contribution in [3.8, 4) is 11.5 Å². The quantitative estimate of drug-likeness (QED) is 0.827. The van der Waals surface area contributed by atoms with Gasteiger partial charge in [0, 0.05) is 26.2 Å². The summed E-state index contributed by atoms with van der Waals surface area (Å²) in [4.78, 5) is 16.9. The SMILES string of the molecule is COc1ccccc1N1CCN(C(=O)C(C)Oc2cccc(C)c2)CC1. The molecule has 0 aliphatic carbocycles. The Hall–Kier alpha value is -2.69. The molecule has 3 rings (SSSR count). The molecule has 5 nitrogen and oxygen atoms in total. The van der Waals surface area contributed by atoms with Gasteiger partial charge in [0.15, 0.2) is 6.10 Å². The number of nitrogens with zero attached hydrogens (tertiary/aromatic N) is 2. The van der Waals surface area contributed by atoms with Gasteiger partial charge in [-0.05, 0) is 43.7 Å². The zero-order chi connectivity index (χ0) is 18.5. The average molecular weight is 354 g/mol. The first kappa shape index (κ1) is 18.1. The van der Waals surface area contributed by atoms with Gasteiger partial charge in [-0.15, -0.1) is 0 Å². The Labute approximate surface area is 155 Å². The lowest BCUT2D eigenvalue weighted by atomic mass is 10.2. The first-order chi connectivity index (χ1) is 12.6. The maximum absolute atomic E-state index is 12.7. The maximum atomic E-state index is 12.7. The second-order valence-corrected chi connectivity index (χ2v) is 6.56. The van der Waals surface area contributed by atoms with Gasteiger partial charge in [0.2, 0.25) is 0 Å². The molecule has 0 bridgehead atoms. The van der Waals surface area contributed by atoms with Gasteiger partial charge in [0.25, 0.3) is 5.91 Å². The predicted molar refractivity (Wildman–Crippen MR) is 103 cm³/mol. The van der Waals surface area contributed by atoms with Crippen LogP contribution in [0, 0.1) is 6.92 Å². The van der Waals surface area contributed by atoms with Crippen LogP contribution in [0.5, 0.6) is 11.5 Å². The smallest absolute Gasteiger partial charge is 0.263 e. The van der Waals surface area contributed by atoms with Crippen molar-refractivity contribution >= 4 is 11.6 Å². The highest BCUT2D eigenvalue weighted by Gasteiger charge is 2.27. The maximum Gasteiger partial charge on any atom is 0.263 e. The molecule has 2 aromatic carbocycles. The molecule has 1 atom stereocenters. The van der Waals surface area contributed by atoms with Crippen LogP contribution in [0.1, 0.15) is 12.5 Å². The van der Waals surface area contributed by atoms with Crippen molar-refractivity contribution in [3.63, 3.8) is 0 Å². The molecule has 0 saturated carbocycles. The number of ether oxygens (including phenoxy) is 2. The molecule has 1 aliphatic heterocycles. The van der Waals surface area contributed by atoms with Gasteiger partial charge < -0.3 is 19.3 Å². The monoisotopic (exact) mass is 354 g/mol. The van der Waals surface area contributed by atoms with E-state index in [2.05, 4.69) is 11.0 Å². The zero-order valence-corrected chi connectivity index (χ0v) is 15.6. The summed E-state index contributed by atoms with van der Waals surface area (Å²) >= 11 is 0. The Balaban J connectivity index is 1.58. The minimum Gasteiger partial charge on any atom is -0.495 e. The standard InChI is InChI=1S/C21H26N2O3/c1-16-7-6-8-18(15-16)26-17(2)21(24)23-13-11-22(12-14-23)19-9-4-5-10-20(19)25-3/h4-10,15,17H,11-14H2,1-3H3. The van der Waals surface area contributed by atoms with Crippen molar-refractivity contribution in [3.05, 3.63) is 54.1 Å². The normalized spacial score (nSPS) is 15.5. The molecule has 138 valence electrons. The Morgan fingerprint density at radius 2 is 1.77 bits per heavy atom. The lowest BCUT2D eigenvalue weighted by molar-refractivity contribution is -0.138. The van der Waals surface area contributed by atoms with Gasteiger partial charge in [-0.3, -0.25) is 4.79 Å². The number of rotatable bonds is 5. The number of aryl methyl sites for hydroxylation is 1. The second-order valence-electron chi connectivity index (χ2n) is 6.56. The number of carbonyl (C=O) groups excluding carboxylic acids is 1. The van der Waals surface area contributed by atoms with Gasteiger partial charge in [-0.25, -0.2) is 0 Å². The van der Waals surface area contributed by atoms with Crippen molar-refractivity contribution in [2.45, 2.75) is 20.0 Å². The fourth-order valence-electron chi connectivity index (χ4n) is 3.26. The van der Waals surface area contributed by atoms with Crippen LogP contribution >= 0.6 is 0 Å². The van der Waals surface area contributed by atoms with E-state index in [4.69, 9.17) is 9.47 Å². The van der Waals surface area contributed by atoms with Crippen molar-refractivity contribution in [2.75, 3.05) is 38.2 Å². The van der Waals surface area contributed by atoms with E-state index in [0.717, 1.165) is 35.8 Å². The minimum atomic E-state index is -0.491. The van der Waals surface area contributed by atoms with Crippen LogP contribution in [0.2, 0.25) is 0 Å². The number of amides is 1. The molecule has 0 spiro atoms. The molecule has 1 unspecified atom stereocenters. The molecule has 1 amide bonds. The number of hydrogen-bond donors (Lipinski definition) is 0. The number of benzene rings is 2. The molecule has 2 aromatic rings. The van der Waals surface area contributed by atoms with Gasteiger partial charge in [0.05, 0.1) is 12.8 Å². The van der Waals surface area contributed by atoms with Crippen molar-refractivity contribution in [1.29, 1.82) is 0 Å². The Morgan fingerprint density at radius 3 is 2.46 bits per heavy atom. The molecule has 26 heavy (non-hydrogen) atoms. The first-order valence-corrected chi connectivity index (χ1v) is 8.98. The van der Waals surface area contributed by atoms with E-state index in [9.17, 15) is 4.79 Å². The Morgan fingerprint density at radius 1 is 1.04 bits per heavy atom. The van der Waals surface area contributed by atoms with Crippen LogP contribution in [0.3, 0.4) is 0 Å². The highest BCUT2D eigenvalue weighted by Crippen LogP contribution is 2.28. The Kier molecular flexibility index (Phi) is 5.66. The number of para-hydroxylation sites is 2. The van der Waals surface area contributed by atoms with Crippen LogP contribution in [0.25, 0.3) is 0 Å². The molecule has 0 N–H and O–H groups in total. The number of anilines is 1. The van der Waals surface area contributed by atoms with Gasteiger partial charge in [0.1, 0.15) is 11.5 Å². The number of methoxy groups -OCH3 is 1. The summed E-state index contributed by atoms with van der Waals surface area (Å²) in [7, 11) is 1.68. The van der Waals surface area contributed by atoms with Crippen molar-refractivity contribution in [2.24, 2.45) is 0 Å². The lowest BCUT2D eigenvalue weighted by Gasteiger charge is -2.37. The largest absolute Gasteiger partial charge is 0.495 e. The average Bonchev–Trinajstić information content (AvgIpc) is 2.67. The lowest BCUT2D eigenvalue weighted by Crippen LogP contribution is -2.52. The van der Waals surface area contributed by atoms with Gasteiger partial charge >= 0.3 is 0 Å². The summed E-state index contributed by atoms with van der Waals surface area (Å²) in [5.74, 6) is 1.63. The van der Waals surface area contributed by atoms with Crippen molar-refractivity contribution in [1.82, 2.24) is 4.90 Å². The van der Waals surface area contributed by atoms with Gasteiger partial charge in [-0.1, -0.05) is 24.3 Å². The summed E-state index contributed by atoms with van der Waals surface area (Å²) in [5.41, 5.74) is 2.19. The highest BCUT2D eigenvalue weighted by atomic mass is 16.5. The van der Waals surface area contributed by atoms with Crippen LogP contribution in [0.15, 0.2) is 48.5 Å². The molecule has 0 radical (unpaired) electrons. The van der Waals surface area contributed by atoms with E-state index in [0.29, 0.717) is 13.1 Å². The first-order valence-electron chi connectivity index (χ1n) is 8.98. The topological polar surface area (TPSA) is 42.0 Å². The van der Waals surface area contributed by atoms with Crippen LogP contribution in [-0.4, -0.2) is 50.2 Å². The second kappa shape index (κ2) is 8.13. The van der Waals surface area contributed by atoms with Crippen LogP contribution < -0.4 is 14.4 Å². The third-order valence-corrected chi connectivity index (χ3v) is 4.67. The summed E-state index contributed by atoms with van der Waals surface area (Å²) in [6.07, 6.45) is -0.491. The summed E-state index contributed by atoms with van der Waals surface area (Å²) in [6.45, 7) is 6.75. The van der Waals surface area contributed by atoms with Gasteiger partial charge in [-0.2, -0.15) is 0 Å². The molecule has 0 aromatic heterocycles. The third-order valence-electron chi connectivity index (χ3n) is 4.67. The zero-order valence-electron chi connectivity index (χ0n) is 15.6. The Bertz CT molecular complexity index is 754. The fraction of sp³-hybridized carbons (Fsp3) is 0.381. The van der Waals surface area contributed by atoms with E-state index in [-0.39, 0.29) is 5.91 Å². The number of piperazine rings is 1. The minimum absolute atomic E-state index is 0.0335. The number of carbonyl (C=O) groups is 1. The van der Waals surface area contributed by atoms with Crippen molar-refractivity contribution < 1.29 is 14.3 Å². The van der Waals surface area contributed by atoms with E-state index in [1.54, 1.807) is 7.11 Å². The molecule has 1 heterocycles. The van der Waals surface area contributed by atoms with E-state index >= 15 is 0 Å². The third kappa shape index (κ3) is 4.10. The summed E-state index contributed by atoms with van der Waals surface area (Å²) in [5, 5.41) is 0. The molecular formula is C21H26N2O3. The predicted octanol–water partition coefficient (Wildman–Crippen LogP) is 3.12. The molecule has 1 aliphatic rings. The fourth-order valence-corrected chi connectivity index (χ4v) is 3.26. The van der Waals surface area contributed by atoms with Crippen LogP contribution in [0.4, 0.5) is 5.69 Å². The number of hydrogen-bond acceptors (Lipinski definition) is 4.